The molecule has 0 spiro atoms. The Labute approximate surface area is 188 Å². The molecule has 2 N–H and O–H groups in total. The molecule has 0 radical (unpaired) electrons. The number of nitro groups is 1. The molecule has 0 bridgehead atoms. The first-order valence-corrected chi connectivity index (χ1v) is 10.9. The van der Waals surface area contributed by atoms with Crippen LogP contribution >= 0.6 is 0 Å². The van der Waals surface area contributed by atoms with Crippen LogP contribution in [-0.4, -0.2) is 76.8 Å². The standard InChI is InChI=1S/C18H19N3O5S.C2H2O4/c1-14-6-8-15(9-7-14)27(25,26)20-12-10-19(11-13-20)18(22)16-4-2-3-5-17(16)21(23)24;3-1(4)2(5)6/h2-9H,10-13H2,1H3;(H,3,4)(H,5,6). The predicted octanol–water partition coefficient (Wildman–Crippen LogP) is 1.21. The monoisotopic (exact) mass is 479 g/mol. The lowest BCUT2D eigenvalue weighted by molar-refractivity contribution is -0.385. The number of benzene rings is 2. The van der Waals surface area contributed by atoms with Crippen LogP contribution in [0.2, 0.25) is 0 Å². The van der Waals surface area contributed by atoms with Crippen molar-refractivity contribution in [3.05, 3.63) is 69.8 Å². The van der Waals surface area contributed by atoms with Crippen LogP contribution in [0.25, 0.3) is 0 Å². The Bertz CT molecular complexity index is 1140. The molecule has 0 aliphatic carbocycles. The van der Waals surface area contributed by atoms with Gasteiger partial charge >= 0.3 is 11.9 Å². The summed E-state index contributed by atoms with van der Waals surface area (Å²) in [6.07, 6.45) is 0. The van der Waals surface area contributed by atoms with Gasteiger partial charge in [-0.15, -0.1) is 0 Å². The fourth-order valence-corrected chi connectivity index (χ4v) is 4.40. The van der Waals surface area contributed by atoms with E-state index in [1.807, 2.05) is 6.92 Å². The maximum Gasteiger partial charge on any atom is 0.414 e. The second-order valence-corrected chi connectivity index (χ2v) is 8.83. The summed E-state index contributed by atoms with van der Waals surface area (Å²) in [5.74, 6) is -4.11. The molecule has 2 aromatic rings. The molecular weight excluding hydrogens is 458 g/mol. The normalized spacial score (nSPS) is 14.0. The average Bonchev–Trinajstić information content (AvgIpc) is 2.79. The molecule has 1 aliphatic rings. The summed E-state index contributed by atoms with van der Waals surface area (Å²) < 4.78 is 26.8. The fourth-order valence-electron chi connectivity index (χ4n) is 2.97. The fraction of sp³-hybridized carbons (Fsp3) is 0.250. The largest absolute Gasteiger partial charge is 0.473 e. The summed E-state index contributed by atoms with van der Waals surface area (Å²) in [6, 6.07) is 12.4. The highest BCUT2D eigenvalue weighted by molar-refractivity contribution is 7.89. The van der Waals surface area contributed by atoms with Crippen LogP contribution in [0.3, 0.4) is 0 Å². The van der Waals surface area contributed by atoms with Crippen molar-refractivity contribution in [3.63, 3.8) is 0 Å². The number of para-hydroxylation sites is 1. The Morgan fingerprint density at radius 2 is 1.42 bits per heavy atom. The van der Waals surface area contributed by atoms with Crippen molar-refractivity contribution < 1.29 is 37.9 Å². The van der Waals surface area contributed by atoms with Gasteiger partial charge in [0.1, 0.15) is 5.56 Å². The van der Waals surface area contributed by atoms with E-state index >= 15 is 0 Å². The Morgan fingerprint density at radius 3 is 1.91 bits per heavy atom. The summed E-state index contributed by atoms with van der Waals surface area (Å²) in [4.78, 5) is 43.0. The summed E-state index contributed by atoms with van der Waals surface area (Å²) in [5, 5.41) is 25.9. The minimum absolute atomic E-state index is 0.0114. The van der Waals surface area contributed by atoms with Crippen molar-refractivity contribution in [2.75, 3.05) is 26.2 Å². The number of rotatable bonds is 4. The number of aliphatic carboxylic acids is 2. The highest BCUT2D eigenvalue weighted by Gasteiger charge is 2.32. The van der Waals surface area contributed by atoms with E-state index in [0.717, 1.165) is 5.56 Å². The number of nitro benzene ring substituents is 1. The van der Waals surface area contributed by atoms with E-state index in [9.17, 15) is 23.3 Å². The molecule has 12 nitrogen and oxygen atoms in total. The van der Waals surface area contributed by atoms with E-state index in [-0.39, 0.29) is 42.3 Å². The highest BCUT2D eigenvalue weighted by atomic mass is 32.2. The number of amides is 1. The van der Waals surface area contributed by atoms with Gasteiger partial charge in [0, 0.05) is 32.2 Å². The number of carbonyl (C=O) groups excluding carboxylic acids is 1. The molecule has 33 heavy (non-hydrogen) atoms. The Balaban J connectivity index is 0.000000569. The molecule has 1 heterocycles. The Kier molecular flexibility index (Phi) is 8.21. The number of aryl methyl sites for hydroxylation is 1. The van der Waals surface area contributed by atoms with Crippen LogP contribution in [0.15, 0.2) is 53.4 Å². The molecule has 1 saturated heterocycles. The highest BCUT2D eigenvalue weighted by Crippen LogP contribution is 2.22. The third kappa shape index (κ3) is 6.33. The average molecular weight is 479 g/mol. The zero-order valence-electron chi connectivity index (χ0n) is 17.4. The second-order valence-electron chi connectivity index (χ2n) is 6.89. The van der Waals surface area contributed by atoms with Gasteiger partial charge in [0.05, 0.1) is 9.82 Å². The van der Waals surface area contributed by atoms with Gasteiger partial charge in [0.25, 0.3) is 11.6 Å². The molecule has 2 aromatic carbocycles. The summed E-state index contributed by atoms with van der Waals surface area (Å²) in [5.41, 5.74) is 0.725. The minimum atomic E-state index is -3.63. The van der Waals surface area contributed by atoms with Crippen molar-refractivity contribution in [3.8, 4) is 0 Å². The van der Waals surface area contributed by atoms with E-state index < -0.39 is 32.8 Å². The van der Waals surface area contributed by atoms with E-state index in [0.29, 0.717) is 0 Å². The predicted molar refractivity (Wildman–Crippen MR) is 114 cm³/mol. The summed E-state index contributed by atoms with van der Waals surface area (Å²) in [6.45, 7) is 2.51. The van der Waals surface area contributed by atoms with E-state index in [4.69, 9.17) is 19.8 Å². The van der Waals surface area contributed by atoms with Gasteiger partial charge in [-0.2, -0.15) is 4.31 Å². The molecule has 3 rings (SSSR count). The van der Waals surface area contributed by atoms with Gasteiger partial charge in [-0.25, -0.2) is 18.0 Å². The Hall–Kier alpha value is -3.84. The number of nitrogens with zero attached hydrogens (tertiary/aromatic N) is 3. The van der Waals surface area contributed by atoms with Crippen LogP contribution in [0.1, 0.15) is 15.9 Å². The van der Waals surface area contributed by atoms with E-state index in [1.54, 1.807) is 30.3 Å². The molecule has 1 fully saturated rings. The number of sulfonamides is 1. The maximum absolute atomic E-state index is 12.7. The first kappa shape index (κ1) is 25.4. The molecule has 0 aromatic heterocycles. The maximum atomic E-state index is 12.7. The van der Waals surface area contributed by atoms with Crippen LogP contribution in [0, 0.1) is 17.0 Å². The number of hydrogen-bond acceptors (Lipinski definition) is 7. The molecule has 13 heteroatoms. The van der Waals surface area contributed by atoms with Crippen molar-refractivity contribution in [1.29, 1.82) is 0 Å². The molecular formula is C20H21N3O9S. The first-order chi connectivity index (χ1) is 15.4. The number of carbonyl (C=O) groups is 3. The lowest BCUT2D eigenvalue weighted by Crippen LogP contribution is -2.50. The number of carboxylic acid groups (broad SMARTS) is 2. The summed E-state index contributed by atoms with van der Waals surface area (Å²) in [7, 11) is -3.63. The third-order valence-electron chi connectivity index (χ3n) is 4.70. The number of carboxylic acids is 2. The lowest BCUT2D eigenvalue weighted by atomic mass is 10.1. The quantitative estimate of drug-likeness (QED) is 0.371. The van der Waals surface area contributed by atoms with Crippen molar-refractivity contribution in [2.45, 2.75) is 11.8 Å². The van der Waals surface area contributed by atoms with Gasteiger partial charge < -0.3 is 15.1 Å². The van der Waals surface area contributed by atoms with E-state index in [1.165, 1.54) is 27.4 Å². The third-order valence-corrected chi connectivity index (χ3v) is 6.61. The molecule has 1 aliphatic heterocycles. The Morgan fingerprint density at radius 1 is 0.909 bits per heavy atom. The zero-order valence-corrected chi connectivity index (χ0v) is 18.3. The van der Waals surface area contributed by atoms with Gasteiger partial charge in [-0.1, -0.05) is 29.8 Å². The van der Waals surface area contributed by atoms with Crippen LogP contribution in [-0.2, 0) is 19.6 Å². The van der Waals surface area contributed by atoms with Crippen LogP contribution < -0.4 is 0 Å². The molecule has 0 saturated carbocycles. The van der Waals surface area contributed by atoms with Gasteiger partial charge in [0.15, 0.2) is 0 Å². The molecule has 0 atom stereocenters. The van der Waals surface area contributed by atoms with E-state index in [2.05, 4.69) is 0 Å². The van der Waals surface area contributed by atoms with Gasteiger partial charge in [0.2, 0.25) is 10.0 Å². The van der Waals surface area contributed by atoms with Gasteiger partial charge in [-0.3, -0.25) is 14.9 Å². The van der Waals surface area contributed by atoms with Crippen LogP contribution in [0.4, 0.5) is 5.69 Å². The van der Waals surface area contributed by atoms with Crippen molar-refractivity contribution >= 4 is 33.6 Å². The molecule has 176 valence electrons. The topological polar surface area (TPSA) is 175 Å². The van der Waals surface area contributed by atoms with Crippen molar-refractivity contribution in [2.24, 2.45) is 0 Å². The summed E-state index contributed by atoms with van der Waals surface area (Å²) >= 11 is 0. The van der Waals surface area contributed by atoms with Gasteiger partial charge in [-0.05, 0) is 25.1 Å². The smallest absolute Gasteiger partial charge is 0.414 e. The second kappa shape index (κ2) is 10.7. The number of piperazine rings is 1. The molecule has 1 amide bonds. The number of hydrogen-bond donors (Lipinski definition) is 2. The van der Waals surface area contributed by atoms with Crippen LogP contribution in [0.5, 0.6) is 0 Å². The zero-order chi connectivity index (χ0) is 24.8. The van der Waals surface area contributed by atoms with Crippen molar-refractivity contribution in [1.82, 2.24) is 9.21 Å². The SMILES string of the molecule is Cc1ccc(S(=O)(=O)N2CCN(C(=O)c3ccccc3[N+](=O)[O-])CC2)cc1.O=C(O)C(=O)O. The molecule has 0 unspecified atom stereocenters. The lowest BCUT2D eigenvalue weighted by Gasteiger charge is -2.34. The first-order valence-electron chi connectivity index (χ1n) is 9.51. The minimum Gasteiger partial charge on any atom is -0.473 e.